The molecule has 0 spiro atoms. The van der Waals surface area contributed by atoms with Gasteiger partial charge in [0.15, 0.2) is 0 Å². The van der Waals surface area contributed by atoms with Gasteiger partial charge in [0.2, 0.25) is 0 Å². The second-order valence-corrected chi connectivity index (χ2v) is 5.43. The summed E-state index contributed by atoms with van der Waals surface area (Å²) in [6.45, 7) is -0.336. The standard InChI is InChI=1S/C14H13BrN2O7/c1-22-13(18)8-6-24-7-16(11(8)14(19)23-2)10-5-3-4-9(15)12(10)17(20)21/h3-5H,6-7H2,1-2H3. The van der Waals surface area contributed by atoms with Crippen LogP contribution in [0.15, 0.2) is 33.9 Å². The highest BCUT2D eigenvalue weighted by molar-refractivity contribution is 9.10. The summed E-state index contributed by atoms with van der Waals surface area (Å²) in [6, 6.07) is 4.50. The largest absolute Gasteiger partial charge is 0.466 e. The van der Waals surface area contributed by atoms with E-state index in [0.29, 0.717) is 0 Å². The number of benzene rings is 1. The molecule has 9 nitrogen and oxygen atoms in total. The number of esters is 2. The summed E-state index contributed by atoms with van der Waals surface area (Å²) in [4.78, 5) is 36.1. The highest BCUT2D eigenvalue weighted by Gasteiger charge is 2.35. The number of rotatable bonds is 4. The predicted octanol–water partition coefficient (Wildman–Crippen LogP) is 1.75. The van der Waals surface area contributed by atoms with Crippen LogP contribution in [0.25, 0.3) is 0 Å². The molecule has 2 rings (SSSR count). The zero-order valence-corrected chi connectivity index (χ0v) is 14.4. The van der Waals surface area contributed by atoms with Gasteiger partial charge in [-0.25, -0.2) is 9.59 Å². The molecule has 0 bridgehead atoms. The van der Waals surface area contributed by atoms with Crippen molar-refractivity contribution < 1.29 is 28.7 Å². The molecule has 0 amide bonds. The SMILES string of the molecule is COC(=O)C1=C(C(=O)OC)N(c2cccc(Br)c2[N+](=O)[O-])COC1. The number of para-hydroxylation sites is 1. The van der Waals surface area contributed by atoms with E-state index in [0.717, 1.165) is 14.2 Å². The molecule has 0 saturated heterocycles. The molecule has 0 atom stereocenters. The van der Waals surface area contributed by atoms with E-state index < -0.39 is 16.9 Å². The van der Waals surface area contributed by atoms with E-state index in [1.54, 1.807) is 6.07 Å². The lowest BCUT2D eigenvalue weighted by Gasteiger charge is -2.31. The number of nitro benzene ring substituents is 1. The van der Waals surface area contributed by atoms with Crippen LogP contribution in [0, 0.1) is 10.1 Å². The Bertz CT molecular complexity index is 732. The molecule has 0 aromatic heterocycles. The van der Waals surface area contributed by atoms with E-state index >= 15 is 0 Å². The smallest absolute Gasteiger partial charge is 0.355 e. The fourth-order valence-corrected chi connectivity index (χ4v) is 2.74. The first-order valence-electron chi connectivity index (χ1n) is 6.60. The molecule has 1 aromatic rings. The van der Waals surface area contributed by atoms with Crippen molar-refractivity contribution in [2.45, 2.75) is 0 Å². The average molecular weight is 401 g/mol. The van der Waals surface area contributed by atoms with E-state index in [2.05, 4.69) is 20.7 Å². The molecule has 0 radical (unpaired) electrons. The highest BCUT2D eigenvalue weighted by atomic mass is 79.9. The predicted molar refractivity (Wildman–Crippen MR) is 85.2 cm³/mol. The molecule has 24 heavy (non-hydrogen) atoms. The van der Waals surface area contributed by atoms with Crippen molar-refractivity contribution in [3.05, 3.63) is 44.1 Å². The third-order valence-electron chi connectivity index (χ3n) is 3.27. The summed E-state index contributed by atoms with van der Waals surface area (Å²) in [6.07, 6.45) is 0. The van der Waals surface area contributed by atoms with Crippen molar-refractivity contribution >= 4 is 39.2 Å². The molecule has 0 unspecified atom stereocenters. The van der Waals surface area contributed by atoms with Crippen molar-refractivity contribution in [1.29, 1.82) is 0 Å². The molecule has 1 aliphatic rings. The van der Waals surface area contributed by atoms with Crippen molar-refractivity contribution in [3.8, 4) is 0 Å². The van der Waals surface area contributed by atoms with Crippen LogP contribution in [0.2, 0.25) is 0 Å². The number of carbonyl (C=O) groups is 2. The first kappa shape index (κ1) is 17.9. The van der Waals surface area contributed by atoms with Gasteiger partial charge in [-0.05, 0) is 28.1 Å². The van der Waals surface area contributed by atoms with Gasteiger partial charge in [0, 0.05) is 0 Å². The van der Waals surface area contributed by atoms with Gasteiger partial charge in [-0.15, -0.1) is 0 Å². The second kappa shape index (κ2) is 7.41. The van der Waals surface area contributed by atoms with Crippen LogP contribution in [0.1, 0.15) is 0 Å². The molecular formula is C14H13BrN2O7. The van der Waals surface area contributed by atoms with Gasteiger partial charge >= 0.3 is 17.6 Å². The van der Waals surface area contributed by atoms with E-state index in [1.807, 2.05) is 0 Å². The van der Waals surface area contributed by atoms with Crippen LogP contribution >= 0.6 is 15.9 Å². The number of halogens is 1. The fraction of sp³-hybridized carbons (Fsp3) is 0.286. The summed E-state index contributed by atoms with van der Waals surface area (Å²) in [5, 5.41) is 11.4. The number of nitro groups is 1. The number of carbonyl (C=O) groups excluding carboxylic acids is 2. The van der Waals surface area contributed by atoms with Crippen LogP contribution in [-0.4, -0.2) is 44.4 Å². The molecule has 1 aliphatic heterocycles. The van der Waals surface area contributed by atoms with Crippen LogP contribution < -0.4 is 4.90 Å². The minimum atomic E-state index is -0.826. The number of anilines is 1. The van der Waals surface area contributed by atoms with Crippen molar-refractivity contribution in [3.63, 3.8) is 0 Å². The maximum Gasteiger partial charge on any atom is 0.355 e. The molecule has 0 fully saturated rings. The van der Waals surface area contributed by atoms with E-state index in [-0.39, 0.29) is 40.5 Å². The van der Waals surface area contributed by atoms with Gasteiger partial charge in [-0.1, -0.05) is 6.07 Å². The molecule has 128 valence electrons. The topological polar surface area (TPSA) is 108 Å². The average Bonchev–Trinajstić information content (AvgIpc) is 2.59. The van der Waals surface area contributed by atoms with E-state index in [4.69, 9.17) is 9.47 Å². The van der Waals surface area contributed by atoms with Crippen LogP contribution in [0.3, 0.4) is 0 Å². The summed E-state index contributed by atoms with van der Waals surface area (Å²) in [7, 11) is 2.30. The van der Waals surface area contributed by atoms with Crippen molar-refractivity contribution in [2.24, 2.45) is 0 Å². The minimum Gasteiger partial charge on any atom is -0.466 e. The molecule has 1 heterocycles. The van der Waals surface area contributed by atoms with Crippen LogP contribution in [0.5, 0.6) is 0 Å². The number of methoxy groups -OCH3 is 2. The lowest BCUT2D eigenvalue weighted by molar-refractivity contribution is -0.384. The Hall–Kier alpha value is -2.46. The Morgan fingerprint density at radius 1 is 1.29 bits per heavy atom. The monoisotopic (exact) mass is 400 g/mol. The van der Waals surface area contributed by atoms with Crippen molar-refractivity contribution in [1.82, 2.24) is 0 Å². The van der Waals surface area contributed by atoms with Gasteiger partial charge < -0.3 is 19.1 Å². The molecule has 10 heteroatoms. The first-order chi connectivity index (χ1) is 11.4. The summed E-state index contributed by atoms with van der Waals surface area (Å²) in [5.74, 6) is -1.61. The van der Waals surface area contributed by atoms with Crippen LogP contribution in [0.4, 0.5) is 11.4 Å². The zero-order chi connectivity index (χ0) is 17.9. The lowest BCUT2D eigenvalue weighted by atomic mass is 10.1. The Balaban J connectivity index is 2.68. The number of hydrogen-bond acceptors (Lipinski definition) is 8. The Morgan fingerprint density at radius 3 is 2.54 bits per heavy atom. The highest BCUT2D eigenvalue weighted by Crippen LogP contribution is 2.38. The Kier molecular flexibility index (Phi) is 5.52. The number of hydrogen-bond donors (Lipinski definition) is 0. The van der Waals surface area contributed by atoms with Gasteiger partial charge in [0.25, 0.3) is 0 Å². The maximum absolute atomic E-state index is 12.2. The number of ether oxygens (including phenoxy) is 3. The number of nitrogens with zero attached hydrogens (tertiary/aromatic N) is 2. The molecule has 1 aromatic carbocycles. The molecule has 0 N–H and O–H groups in total. The maximum atomic E-state index is 12.2. The summed E-state index contributed by atoms with van der Waals surface area (Å²) < 4.78 is 14.9. The third-order valence-corrected chi connectivity index (χ3v) is 3.91. The lowest BCUT2D eigenvalue weighted by Crippen LogP contribution is -2.39. The quantitative estimate of drug-likeness (QED) is 0.427. The second-order valence-electron chi connectivity index (χ2n) is 4.58. The summed E-state index contributed by atoms with van der Waals surface area (Å²) in [5.41, 5.74) is -0.425. The minimum absolute atomic E-state index is 0.0788. The summed E-state index contributed by atoms with van der Waals surface area (Å²) >= 11 is 3.11. The van der Waals surface area contributed by atoms with Crippen molar-refractivity contribution in [2.75, 3.05) is 32.5 Å². The first-order valence-corrected chi connectivity index (χ1v) is 7.39. The fourth-order valence-electron chi connectivity index (χ4n) is 2.24. The molecule has 0 aliphatic carbocycles. The van der Waals surface area contributed by atoms with Gasteiger partial charge in [0.1, 0.15) is 18.1 Å². The van der Waals surface area contributed by atoms with E-state index in [1.165, 1.54) is 17.0 Å². The zero-order valence-electron chi connectivity index (χ0n) is 12.8. The van der Waals surface area contributed by atoms with Gasteiger partial charge in [-0.3, -0.25) is 10.1 Å². The third kappa shape index (κ3) is 3.24. The normalized spacial score (nSPS) is 14.4. The van der Waals surface area contributed by atoms with E-state index in [9.17, 15) is 19.7 Å². The molecular weight excluding hydrogens is 388 g/mol. The van der Waals surface area contributed by atoms with Crippen LogP contribution in [-0.2, 0) is 23.8 Å². The van der Waals surface area contributed by atoms with Gasteiger partial charge in [-0.2, -0.15) is 0 Å². The Morgan fingerprint density at radius 2 is 1.96 bits per heavy atom. The molecule has 0 saturated carbocycles. The Labute approximate surface area is 145 Å². The van der Waals surface area contributed by atoms with Gasteiger partial charge in [0.05, 0.1) is 35.8 Å².